The van der Waals surface area contributed by atoms with Crippen molar-refractivity contribution in [1.29, 1.82) is 10.5 Å². The number of hydrogen-bond donors (Lipinski definition) is 1. The lowest BCUT2D eigenvalue weighted by Gasteiger charge is -2.10. The predicted octanol–water partition coefficient (Wildman–Crippen LogP) is 3.43. The van der Waals surface area contributed by atoms with Gasteiger partial charge >= 0.3 is 0 Å². The SMILES string of the molecule is N#CC(C#N)=NNc1ccccc1Oc1ccccc1F. The van der Waals surface area contributed by atoms with E-state index in [1.165, 1.54) is 12.1 Å². The van der Waals surface area contributed by atoms with Gasteiger partial charge in [0.1, 0.15) is 12.1 Å². The Kier molecular flexibility index (Phi) is 4.47. The maximum Gasteiger partial charge on any atom is 0.237 e. The summed E-state index contributed by atoms with van der Waals surface area (Å²) >= 11 is 0. The van der Waals surface area contributed by atoms with Gasteiger partial charge in [0.15, 0.2) is 17.3 Å². The van der Waals surface area contributed by atoms with E-state index in [0.29, 0.717) is 11.4 Å². The predicted molar refractivity (Wildman–Crippen MR) is 75.2 cm³/mol. The smallest absolute Gasteiger partial charge is 0.237 e. The average molecular weight is 280 g/mol. The highest BCUT2D eigenvalue weighted by Gasteiger charge is 2.07. The summed E-state index contributed by atoms with van der Waals surface area (Å²) in [5.74, 6) is -0.108. The molecule has 6 heteroatoms. The van der Waals surface area contributed by atoms with Gasteiger partial charge in [0.25, 0.3) is 0 Å². The highest BCUT2D eigenvalue weighted by molar-refractivity contribution is 6.10. The molecule has 1 N–H and O–H groups in total. The lowest BCUT2D eigenvalue weighted by Crippen LogP contribution is -1.98. The maximum absolute atomic E-state index is 13.6. The number of nitrogens with one attached hydrogen (secondary N) is 1. The van der Waals surface area contributed by atoms with Crippen molar-refractivity contribution in [3.63, 3.8) is 0 Å². The lowest BCUT2D eigenvalue weighted by molar-refractivity contribution is 0.444. The number of halogens is 1. The second kappa shape index (κ2) is 6.69. The monoisotopic (exact) mass is 280 g/mol. The van der Waals surface area contributed by atoms with E-state index in [1.54, 1.807) is 48.5 Å². The normalized spacial score (nSPS) is 9.10. The second-order valence-electron chi connectivity index (χ2n) is 3.82. The fourth-order valence-electron chi connectivity index (χ4n) is 1.49. The fourth-order valence-corrected chi connectivity index (χ4v) is 1.49. The van der Waals surface area contributed by atoms with E-state index in [9.17, 15) is 4.39 Å². The molecule has 0 unspecified atom stereocenters. The number of nitriles is 2. The van der Waals surface area contributed by atoms with Crippen molar-refractivity contribution in [2.45, 2.75) is 0 Å². The van der Waals surface area contributed by atoms with Gasteiger partial charge in [0.2, 0.25) is 5.71 Å². The summed E-state index contributed by atoms with van der Waals surface area (Å²) in [7, 11) is 0. The van der Waals surface area contributed by atoms with E-state index >= 15 is 0 Å². The van der Waals surface area contributed by atoms with Crippen LogP contribution in [0.5, 0.6) is 11.5 Å². The molecule has 2 aromatic rings. The molecule has 0 heterocycles. The first-order chi connectivity index (χ1) is 10.2. The Morgan fingerprint density at radius 3 is 2.29 bits per heavy atom. The molecule has 0 aromatic heterocycles. The number of para-hydroxylation sites is 3. The summed E-state index contributed by atoms with van der Waals surface area (Å²) in [5, 5.41) is 20.9. The molecule has 0 radical (unpaired) electrons. The van der Waals surface area contributed by atoms with Gasteiger partial charge < -0.3 is 4.74 Å². The Hall–Kier alpha value is -3.38. The highest BCUT2D eigenvalue weighted by Crippen LogP contribution is 2.30. The molecule has 0 saturated carbocycles. The van der Waals surface area contributed by atoms with Crippen molar-refractivity contribution in [3.8, 4) is 23.6 Å². The third-order valence-electron chi connectivity index (χ3n) is 2.44. The Bertz CT molecular complexity index is 743. The van der Waals surface area contributed by atoms with Gasteiger partial charge in [0.05, 0.1) is 5.69 Å². The number of rotatable bonds is 4. The van der Waals surface area contributed by atoms with E-state index in [4.69, 9.17) is 15.3 Å². The molecule has 0 saturated heterocycles. The van der Waals surface area contributed by atoms with Crippen LogP contribution in [0.25, 0.3) is 0 Å². The van der Waals surface area contributed by atoms with E-state index in [2.05, 4.69) is 10.5 Å². The fraction of sp³-hybridized carbons (Fsp3) is 0. The van der Waals surface area contributed by atoms with Gasteiger partial charge in [-0.1, -0.05) is 24.3 Å². The van der Waals surface area contributed by atoms with Crippen LogP contribution in [0.3, 0.4) is 0 Å². The molecule has 0 aliphatic carbocycles. The van der Waals surface area contributed by atoms with E-state index in [-0.39, 0.29) is 11.5 Å². The molecule has 0 fully saturated rings. The third kappa shape index (κ3) is 3.55. The topological polar surface area (TPSA) is 81.2 Å². The summed E-state index contributed by atoms with van der Waals surface area (Å²) in [6.45, 7) is 0. The maximum atomic E-state index is 13.6. The summed E-state index contributed by atoms with van der Waals surface area (Å²) in [6.07, 6.45) is 0. The summed E-state index contributed by atoms with van der Waals surface area (Å²) in [6, 6.07) is 15.9. The minimum atomic E-state index is -0.495. The van der Waals surface area contributed by atoms with Crippen LogP contribution >= 0.6 is 0 Å². The van der Waals surface area contributed by atoms with Crippen molar-refractivity contribution in [2.75, 3.05) is 5.43 Å². The molecule has 2 aromatic carbocycles. The van der Waals surface area contributed by atoms with Crippen LogP contribution in [0.1, 0.15) is 0 Å². The third-order valence-corrected chi connectivity index (χ3v) is 2.44. The standard InChI is InChI=1S/C15H9FN4O/c16-12-5-1-3-7-14(12)21-15-8-4-2-6-13(15)20-19-11(9-17)10-18/h1-8,20H. The molecule has 102 valence electrons. The molecule has 5 nitrogen and oxygen atoms in total. The number of anilines is 1. The van der Waals surface area contributed by atoms with Crippen molar-refractivity contribution in [1.82, 2.24) is 0 Å². The van der Waals surface area contributed by atoms with Crippen molar-refractivity contribution in [3.05, 3.63) is 54.3 Å². The van der Waals surface area contributed by atoms with E-state index < -0.39 is 5.82 Å². The number of hydrazone groups is 1. The second-order valence-corrected chi connectivity index (χ2v) is 3.82. The first-order valence-corrected chi connectivity index (χ1v) is 5.90. The molecular weight excluding hydrogens is 271 g/mol. The number of benzene rings is 2. The average Bonchev–Trinajstić information content (AvgIpc) is 2.52. The lowest BCUT2D eigenvalue weighted by atomic mass is 10.3. The first-order valence-electron chi connectivity index (χ1n) is 5.90. The zero-order chi connectivity index (χ0) is 15.1. The van der Waals surface area contributed by atoms with Crippen molar-refractivity contribution < 1.29 is 9.13 Å². The van der Waals surface area contributed by atoms with Crippen molar-refractivity contribution >= 4 is 11.4 Å². The zero-order valence-corrected chi connectivity index (χ0v) is 10.7. The number of hydrogen-bond acceptors (Lipinski definition) is 5. The van der Waals surface area contributed by atoms with Crippen LogP contribution < -0.4 is 10.2 Å². The first kappa shape index (κ1) is 14.0. The number of ether oxygens (including phenoxy) is 1. The molecule has 2 rings (SSSR count). The van der Waals surface area contributed by atoms with Crippen LogP contribution in [0.2, 0.25) is 0 Å². The molecule has 0 bridgehead atoms. The summed E-state index contributed by atoms with van der Waals surface area (Å²) in [4.78, 5) is 0. The molecular formula is C15H9FN4O. The molecule has 0 aliphatic heterocycles. The highest BCUT2D eigenvalue weighted by atomic mass is 19.1. The molecule has 0 aliphatic rings. The van der Waals surface area contributed by atoms with Gasteiger partial charge in [-0.25, -0.2) is 4.39 Å². The Morgan fingerprint density at radius 2 is 1.62 bits per heavy atom. The molecule has 21 heavy (non-hydrogen) atoms. The quantitative estimate of drug-likeness (QED) is 0.687. The zero-order valence-electron chi connectivity index (χ0n) is 10.7. The van der Waals surface area contributed by atoms with Gasteiger partial charge in [-0.3, -0.25) is 5.43 Å². The largest absolute Gasteiger partial charge is 0.452 e. The number of nitrogens with zero attached hydrogens (tertiary/aromatic N) is 3. The van der Waals surface area contributed by atoms with Crippen LogP contribution in [-0.4, -0.2) is 5.71 Å². The van der Waals surface area contributed by atoms with Crippen LogP contribution in [-0.2, 0) is 0 Å². The Morgan fingerprint density at radius 1 is 1.00 bits per heavy atom. The van der Waals surface area contributed by atoms with Gasteiger partial charge in [-0.2, -0.15) is 15.6 Å². The minimum Gasteiger partial charge on any atom is -0.452 e. The van der Waals surface area contributed by atoms with E-state index in [0.717, 1.165) is 0 Å². The van der Waals surface area contributed by atoms with E-state index in [1.807, 2.05) is 0 Å². The molecule has 0 spiro atoms. The Balaban J connectivity index is 2.26. The summed E-state index contributed by atoms with van der Waals surface area (Å²) < 4.78 is 19.0. The van der Waals surface area contributed by atoms with Gasteiger partial charge in [-0.05, 0) is 24.3 Å². The van der Waals surface area contributed by atoms with Crippen molar-refractivity contribution in [2.24, 2.45) is 5.10 Å². The minimum absolute atomic E-state index is 0.0662. The van der Waals surface area contributed by atoms with Gasteiger partial charge in [-0.15, -0.1) is 0 Å². The molecule has 0 atom stereocenters. The summed E-state index contributed by atoms with van der Waals surface area (Å²) in [5.41, 5.74) is 2.63. The Labute approximate surface area is 120 Å². The van der Waals surface area contributed by atoms with Crippen LogP contribution in [0.4, 0.5) is 10.1 Å². The van der Waals surface area contributed by atoms with Gasteiger partial charge in [0, 0.05) is 0 Å². The van der Waals surface area contributed by atoms with Crippen LogP contribution in [0.15, 0.2) is 53.6 Å². The van der Waals surface area contributed by atoms with Crippen LogP contribution in [0, 0.1) is 28.5 Å². The molecule has 0 amide bonds.